The smallest absolute Gasteiger partial charge is 0.272 e. The van der Waals surface area contributed by atoms with Gasteiger partial charge in [0.1, 0.15) is 11.4 Å². The van der Waals surface area contributed by atoms with Gasteiger partial charge in [0.2, 0.25) is 5.91 Å². The summed E-state index contributed by atoms with van der Waals surface area (Å²) in [5.41, 5.74) is 2.85. The average molecular weight is 390 g/mol. The zero-order chi connectivity index (χ0) is 20.3. The molecule has 2 heterocycles. The van der Waals surface area contributed by atoms with E-state index in [1.165, 1.54) is 5.56 Å². The lowest BCUT2D eigenvalue weighted by Gasteiger charge is -2.36. The van der Waals surface area contributed by atoms with Crippen LogP contribution in [0.2, 0.25) is 0 Å². The molecule has 1 spiro atoms. The highest BCUT2D eigenvalue weighted by molar-refractivity contribution is 6.46. The van der Waals surface area contributed by atoms with Crippen molar-refractivity contribution < 1.29 is 9.59 Å². The number of nitrogens with one attached hydrogen (secondary N) is 2. The summed E-state index contributed by atoms with van der Waals surface area (Å²) in [5.74, 6) is -0.128. The number of hydrogen-bond donors (Lipinski definition) is 2. The molecular weight excluding hydrogens is 364 g/mol. The van der Waals surface area contributed by atoms with E-state index in [-0.39, 0.29) is 11.8 Å². The maximum Gasteiger partial charge on any atom is 0.272 e. The zero-order valence-corrected chi connectivity index (χ0v) is 16.6. The number of anilines is 1. The molecule has 0 saturated carbocycles. The Kier molecular flexibility index (Phi) is 5.45. The van der Waals surface area contributed by atoms with Gasteiger partial charge < -0.3 is 10.6 Å². The van der Waals surface area contributed by atoms with E-state index in [4.69, 9.17) is 4.99 Å². The number of aliphatic imine (C=N–C) groups is 1. The van der Waals surface area contributed by atoms with Gasteiger partial charge in [-0.25, -0.2) is 0 Å². The summed E-state index contributed by atoms with van der Waals surface area (Å²) in [6.45, 7) is 3.87. The quantitative estimate of drug-likeness (QED) is 0.824. The van der Waals surface area contributed by atoms with Gasteiger partial charge in [0.05, 0.1) is 6.54 Å². The van der Waals surface area contributed by atoms with Crippen molar-refractivity contribution in [2.24, 2.45) is 4.99 Å². The molecule has 6 nitrogen and oxygen atoms in total. The normalized spacial score (nSPS) is 18.4. The van der Waals surface area contributed by atoms with Gasteiger partial charge in [0.15, 0.2) is 0 Å². The predicted molar refractivity (Wildman–Crippen MR) is 114 cm³/mol. The molecule has 4 rings (SSSR count). The van der Waals surface area contributed by atoms with Crippen LogP contribution in [0.3, 0.4) is 0 Å². The predicted octanol–water partition coefficient (Wildman–Crippen LogP) is 2.60. The standard InChI is InChI=1S/C23H26N4O2/c1-2-17-7-6-10-19(15-17)24-20(28)16-27-13-11-23(12-14-27)25-21(22(29)26-23)18-8-4-3-5-9-18/h3-10,15H,2,11-14,16H2,1H3,(H,24,28)(H,26,29). The van der Waals surface area contributed by atoms with Crippen molar-refractivity contribution in [3.8, 4) is 0 Å². The molecule has 2 aliphatic rings. The van der Waals surface area contributed by atoms with Gasteiger partial charge in [-0.15, -0.1) is 0 Å². The molecule has 6 heteroatoms. The average Bonchev–Trinajstić information content (AvgIpc) is 3.06. The molecule has 2 aromatic rings. The molecule has 2 amide bonds. The van der Waals surface area contributed by atoms with Crippen LogP contribution in [0.5, 0.6) is 0 Å². The van der Waals surface area contributed by atoms with Crippen LogP contribution in [0, 0.1) is 0 Å². The van der Waals surface area contributed by atoms with Gasteiger partial charge in [-0.2, -0.15) is 0 Å². The highest BCUT2D eigenvalue weighted by Crippen LogP contribution is 2.28. The fourth-order valence-electron chi connectivity index (χ4n) is 3.95. The fraction of sp³-hybridized carbons (Fsp3) is 0.348. The Balaban J connectivity index is 1.34. The van der Waals surface area contributed by atoms with Gasteiger partial charge in [-0.3, -0.25) is 19.5 Å². The SMILES string of the molecule is CCc1cccc(NC(=O)CN2CCC3(CC2)N=C(c2ccccc2)C(=O)N3)c1. The first-order chi connectivity index (χ1) is 14.1. The lowest BCUT2D eigenvalue weighted by molar-refractivity contribution is -0.119. The van der Waals surface area contributed by atoms with Gasteiger partial charge >= 0.3 is 0 Å². The Morgan fingerprint density at radius 2 is 1.90 bits per heavy atom. The summed E-state index contributed by atoms with van der Waals surface area (Å²) in [7, 11) is 0. The molecule has 29 heavy (non-hydrogen) atoms. The largest absolute Gasteiger partial charge is 0.326 e. The summed E-state index contributed by atoms with van der Waals surface area (Å²) in [4.78, 5) is 31.8. The van der Waals surface area contributed by atoms with Crippen molar-refractivity contribution in [2.45, 2.75) is 31.8 Å². The Labute approximate surface area is 171 Å². The number of carbonyl (C=O) groups is 2. The summed E-state index contributed by atoms with van der Waals surface area (Å²) < 4.78 is 0. The topological polar surface area (TPSA) is 73.8 Å². The molecule has 150 valence electrons. The first kappa shape index (κ1) is 19.3. The Hall–Kier alpha value is -2.99. The van der Waals surface area contributed by atoms with Crippen molar-refractivity contribution in [1.82, 2.24) is 10.2 Å². The summed E-state index contributed by atoms with van der Waals surface area (Å²) in [6, 6.07) is 17.5. The molecular formula is C23H26N4O2. The van der Waals surface area contributed by atoms with Crippen LogP contribution in [0.25, 0.3) is 0 Å². The molecule has 2 aliphatic heterocycles. The van der Waals surface area contributed by atoms with E-state index >= 15 is 0 Å². The molecule has 1 fully saturated rings. The van der Waals surface area contributed by atoms with Crippen molar-refractivity contribution in [2.75, 3.05) is 25.0 Å². The maximum atomic E-state index is 12.4. The molecule has 0 aliphatic carbocycles. The molecule has 2 aromatic carbocycles. The third-order valence-electron chi connectivity index (χ3n) is 5.60. The van der Waals surface area contributed by atoms with Gasteiger partial charge in [0.25, 0.3) is 5.91 Å². The minimum atomic E-state index is -0.537. The molecule has 1 saturated heterocycles. The molecule has 0 bridgehead atoms. The molecule has 2 N–H and O–H groups in total. The molecule has 0 atom stereocenters. The number of carbonyl (C=O) groups excluding carboxylic acids is 2. The van der Waals surface area contributed by atoms with E-state index in [1.54, 1.807) is 0 Å². The highest BCUT2D eigenvalue weighted by atomic mass is 16.2. The summed E-state index contributed by atoms with van der Waals surface area (Å²) >= 11 is 0. The zero-order valence-electron chi connectivity index (χ0n) is 16.6. The molecule has 0 unspecified atom stereocenters. The van der Waals surface area contributed by atoms with Crippen molar-refractivity contribution >= 4 is 23.2 Å². The number of hydrogen-bond acceptors (Lipinski definition) is 4. The van der Waals surface area contributed by atoms with Gasteiger partial charge in [-0.1, -0.05) is 49.4 Å². The van der Waals surface area contributed by atoms with Crippen LogP contribution in [0.15, 0.2) is 59.6 Å². The van der Waals surface area contributed by atoms with Crippen molar-refractivity contribution in [1.29, 1.82) is 0 Å². The maximum absolute atomic E-state index is 12.4. The minimum absolute atomic E-state index is 0.0156. The third-order valence-corrected chi connectivity index (χ3v) is 5.60. The van der Waals surface area contributed by atoms with Crippen LogP contribution in [-0.4, -0.2) is 47.7 Å². The lowest BCUT2D eigenvalue weighted by Crippen LogP contribution is -2.52. The van der Waals surface area contributed by atoms with E-state index in [1.807, 2.05) is 48.5 Å². The van der Waals surface area contributed by atoms with Crippen molar-refractivity contribution in [3.05, 3.63) is 65.7 Å². The number of piperidine rings is 1. The van der Waals surface area contributed by atoms with E-state index in [0.717, 1.165) is 17.7 Å². The van der Waals surface area contributed by atoms with Crippen LogP contribution in [0.4, 0.5) is 5.69 Å². The number of likely N-dealkylation sites (tertiary alicyclic amines) is 1. The van der Waals surface area contributed by atoms with Crippen LogP contribution < -0.4 is 10.6 Å². The summed E-state index contributed by atoms with van der Waals surface area (Å²) in [5, 5.41) is 6.06. The van der Waals surface area contributed by atoms with E-state index < -0.39 is 5.66 Å². The lowest BCUT2D eigenvalue weighted by atomic mass is 9.98. The highest BCUT2D eigenvalue weighted by Gasteiger charge is 2.42. The Morgan fingerprint density at radius 3 is 2.62 bits per heavy atom. The van der Waals surface area contributed by atoms with Gasteiger partial charge in [0, 0.05) is 37.2 Å². The molecule has 0 radical (unpaired) electrons. The number of aryl methyl sites for hydroxylation is 1. The Morgan fingerprint density at radius 1 is 1.14 bits per heavy atom. The second-order valence-corrected chi connectivity index (χ2v) is 7.69. The second-order valence-electron chi connectivity index (χ2n) is 7.69. The van der Waals surface area contributed by atoms with Crippen LogP contribution >= 0.6 is 0 Å². The van der Waals surface area contributed by atoms with Gasteiger partial charge in [-0.05, 0) is 24.1 Å². The number of rotatable bonds is 5. The first-order valence-corrected chi connectivity index (χ1v) is 10.2. The first-order valence-electron chi connectivity index (χ1n) is 10.2. The second kappa shape index (κ2) is 8.17. The minimum Gasteiger partial charge on any atom is -0.326 e. The van der Waals surface area contributed by atoms with Crippen molar-refractivity contribution in [3.63, 3.8) is 0 Å². The van der Waals surface area contributed by atoms with Crippen LogP contribution in [-0.2, 0) is 16.0 Å². The third kappa shape index (κ3) is 4.38. The van der Waals surface area contributed by atoms with E-state index in [9.17, 15) is 9.59 Å². The molecule has 0 aromatic heterocycles. The van der Waals surface area contributed by atoms with Crippen LogP contribution in [0.1, 0.15) is 30.9 Å². The van der Waals surface area contributed by atoms with E-state index in [0.29, 0.717) is 38.2 Å². The number of benzene rings is 2. The number of nitrogens with zero attached hydrogens (tertiary/aromatic N) is 2. The Bertz CT molecular complexity index is 931. The fourth-order valence-corrected chi connectivity index (χ4v) is 3.95. The number of amides is 2. The summed E-state index contributed by atoms with van der Waals surface area (Å²) in [6.07, 6.45) is 2.34. The monoisotopic (exact) mass is 390 g/mol. The van der Waals surface area contributed by atoms with E-state index in [2.05, 4.69) is 28.5 Å².